The van der Waals surface area contributed by atoms with Crippen LogP contribution in [-0.2, 0) is 31.0 Å². The zero-order chi connectivity index (χ0) is 20.1. The first-order chi connectivity index (χ1) is 13.3. The summed E-state index contributed by atoms with van der Waals surface area (Å²) in [6.07, 6.45) is 1.43. The van der Waals surface area contributed by atoms with E-state index in [1.807, 2.05) is 19.3 Å². The van der Waals surface area contributed by atoms with Gasteiger partial charge in [0.1, 0.15) is 0 Å². The number of benzene rings is 1. The van der Waals surface area contributed by atoms with Gasteiger partial charge < -0.3 is 5.32 Å². The summed E-state index contributed by atoms with van der Waals surface area (Å²) in [6.45, 7) is 0.309. The Morgan fingerprint density at radius 1 is 1.18 bits per heavy atom. The Kier molecular flexibility index (Phi) is 5.77. The third kappa shape index (κ3) is 4.97. The Morgan fingerprint density at radius 3 is 2.57 bits per heavy atom. The highest BCUT2D eigenvalue weighted by Gasteiger charge is 2.29. The van der Waals surface area contributed by atoms with E-state index in [2.05, 4.69) is 15.4 Å². The van der Waals surface area contributed by atoms with Gasteiger partial charge in [-0.2, -0.15) is 18.3 Å². The zero-order valence-corrected chi connectivity index (χ0v) is 15.2. The van der Waals surface area contributed by atoms with E-state index in [4.69, 9.17) is 0 Å². The van der Waals surface area contributed by atoms with Crippen molar-refractivity contribution < 1.29 is 18.0 Å². The SMILES string of the molecule is Cn1cc(-c2ncccc2CNC(=O)CCc2ccc(C(F)(F)F)cc2)cn1. The molecule has 0 unspecified atom stereocenters. The third-order valence-electron chi connectivity index (χ3n) is 4.27. The lowest BCUT2D eigenvalue weighted by Crippen LogP contribution is -2.23. The van der Waals surface area contributed by atoms with Crippen LogP contribution < -0.4 is 5.32 Å². The Labute approximate surface area is 160 Å². The van der Waals surface area contributed by atoms with Crippen molar-refractivity contribution in [3.63, 3.8) is 0 Å². The van der Waals surface area contributed by atoms with Crippen LogP contribution in [0.1, 0.15) is 23.1 Å². The summed E-state index contributed by atoms with van der Waals surface area (Å²) in [6, 6.07) is 8.54. The van der Waals surface area contributed by atoms with E-state index in [1.165, 1.54) is 12.1 Å². The minimum Gasteiger partial charge on any atom is -0.352 e. The highest BCUT2D eigenvalue weighted by atomic mass is 19.4. The summed E-state index contributed by atoms with van der Waals surface area (Å²) >= 11 is 0. The normalized spacial score (nSPS) is 11.4. The number of aryl methyl sites for hydroxylation is 2. The molecule has 8 heteroatoms. The number of carbonyl (C=O) groups is 1. The van der Waals surface area contributed by atoms with Gasteiger partial charge in [0, 0.05) is 38.0 Å². The molecule has 0 aliphatic heterocycles. The Morgan fingerprint density at radius 2 is 1.93 bits per heavy atom. The number of hydrogen-bond donors (Lipinski definition) is 1. The third-order valence-corrected chi connectivity index (χ3v) is 4.27. The zero-order valence-electron chi connectivity index (χ0n) is 15.2. The van der Waals surface area contributed by atoms with Crippen LogP contribution in [0.2, 0.25) is 0 Å². The first-order valence-corrected chi connectivity index (χ1v) is 8.68. The Bertz CT molecular complexity index is 949. The van der Waals surface area contributed by atoms with Crippen molar-refractivity contribution in [2.75, 3.05) is 0 Å². The van der Waals surface area contributed by atoms with Gasteiger partial charge in [-0.1, -0.05) is 18.2 Å². The number of amides is 1. The quantitative estimate of drug-likeness (QED) is 0.700. The van der Waals surface area contributed by atoms with Gasteiger partial charge in [-0.3, -0.25) is 14.5 Å². The molecule has 5 nitrogen and oxygen atoms in total. The van der Waals surface area contributed by atoms with Gasteiger partial charge in [0.15, 0.2) is 0 Å². The summed E-state index contributed by atoms with van der Waals surface area (Å²) in [5.74, 6) is -0.180. The summed E-state index contributed by atoms with van der Waals surface area (Å²) in [7, 11) is 1.81. The number of aromatic nitrogens is 3. The van der Waals surface area contributed by atoms with Gasteiger partial charge in [0.25, 0.3) is 0 Å². The van der Waals surface area contributed by atoms with Crippen LogP contribution >= 0.6 is 0 Å². The van der Waals surface area contributed by atoms with Crippen molar-refractivity contribution in [3.05, 3.63) is 71.7 Å². The predicted molar refractivity (Wildman–Crippen MR) is 98.1 cm³/mol. The van der Waals surface area contributed by atoms with Gasteiger partial charge >= 0.3 is 6.18 Å². The first kappa shape index (κ1) is 19.6. The van der Waals surface area contributed by atoms with Crippen LogP contribution in [0.3, 0.4) is 0 Å². The summed E-state index contributed by atoms with van der Waals surface area (Å²) in [5.41, 5.74) is 2.45. The van der Waals surface area contributed by atoms with Crippen LogP contribution in [0.15, 0.2) is 55.0 Å². The number of carbonyl (C=O) groups excluding carboxylic acids is 1. The minimum atomic E-state index is -4.36. The molecule has 146 valence electrons. The fourth-order valence-electron chi connectivity index (χ4n) is 2.79. The van der Waals surface area contributed by atoms with Crippen LogP contribution in [0.25, 0.3) is 11.3 Å². The summed E-state index contributed by atoms with van der Waals surface area (Å²) in [5, 5.41) is 6.97. The van der Waals surface area contributed by atoms with Crippen LogP contribution in [-0.4, -0.2) is 20.7 Å². The van der Waals surface area contributed by atoms with Gasteiger partial charge in [-0.15, -0.1) is 0 Å². The number of nitrogens with one attached hydrogen (secondary N) is 1. The number of nitrogens with zero attached hydrogens (tertiary/aromatic N) is 3. The summed E-state index contributed by atoms with van der Waals surface area (Å²) < 4.78 is 39.4. The van der Waals surface area contributed by atoms with Gasteiger partial charge in [0.2, 0.25) is 5.91 Å². The molecular weight excluding hydrogens is 369 g/mol. The van der Waals surface area contributed by atoms with Gasteiger partial charge in [0.05, 0.1) is 17.5 Å². The van der Waals surface area contributed by atoms with Crippen molar-refractivity contribution >= 4 is 5.91 Å². The number of rotatable bonds is 6. The average Bonchev–Trinajstić information content (AvgIpc) is 3.11. The Balaban J connectivity index is 1.55. The molecule has 2 heterocycles. The molecule has 0 atom stereocenters. The van der Waals surface area contributed by atoms with E-state index in [-0.39, 0.29) is 12.3 Å². The van der Waals surface area contributed by atoms with E-state index in [0.29, 0.717) is 18.5 Å². The second-order valence-corrected chi connectivity index (χ2v) is 6.39. The van der Waals surface area contributed by atoms with Crippen molar-refractivity contribution in [2.45, 2.75) is 25.6 Å². The van der Waals surface area contributed by atoms with Crippen molar-refractivity contribution in [2.24, 2.45) is 7.05 Å². The molecule has 0 fully saturated rings. The van der Waals surface area contributed by atoms with E-state index >= 15 is 0 Å². The standard InChI is InChI=1S/C20H19F3N4O/c1-27-13-16(12-26-27)19-15(3-2-10-24-19)11-25-18(28)9-6-14-4-7-17(8-5-14)20(21,22)23/h2-5,7-8,10,12-13H,6,9,11H2,1H3,(H,25,28). The first-order valence-electron chi connectivity index (χ1n) is 8.68. The second-order valence-electron chi connectivity index (χ2n) is 6.39. The molecule has 28 heavy (non-hydrogen) atoms. The molecule has 3 rings (SSSR count). The fraction of sp³-hybridized carbons (Fsp3) is 0.250. The fourth-order valence-corrected chi connectivity index (χ4v) is 2.79. The molecule has 0 bridgehead atoms. The molecule has 1 amide bonds. The van der Waals surface area contributed by atoms with E-state index in [0.717, 1.165) is 29.0 Å². The van der Waals surface area contributed by atoms with E-state index in [1.54, 1.807) is 23.1 Å². The number of halogens is 3. The molecular formula is C20H19F3N4O. The van der Waals surface area contributed by atoms with Crippen LogP contribution in [0.5, 0.6) is 0 Å². The number of pyridine rings is 1. The van der Waals surface area contributed by atoms with Gasteiger partial charge in [-0.25, -0.2) is 0 Å². The second kappa shape index (κ2) is 8.24. The van der Waals surface area contributed by atoms with Crippen molar-refractivity contribution in [1.82, 2.24) is 20.1 Å². The van der Waals surface area contributed by atoms with Crippen molar-refractivity contribution in [3.8, 4) is 11.3 Å². The molecule has 3 aromatic rings. The molecule has 0 radical (unpaired) electrons. The summed E-state index contributed by atoms with van der Waals surface area (Å²) in [4.78, 5) is 16.5. The maximum atomic E-state index is 12.6. The maximum absolute atomic E-state index is 12.6. The highest BCUT2D eigenvalue weighted by Crippen LogP contribution is 2.29. The highest BCUT2D eigenvalue weighted by molar-refractivity contribution is 5.76. The smallest absolute Gasteiger partial charge is 0.352 e. The Hall–Kier alpha value is -3.16. The molecule has 0 aliphatic carbocycles. The number of hydrogen-bond acceptors (Lipinski definition) is 3. The largest absolute Gasteiger partial charge is 0.416 e. The van der Waals surface area contributed by atoms with E-state index < -0.39 is 11.7 Å². The molecule has 0 saturated heterocycles. The molecule has 1 N–H and O–H groups in total. The monoisotopic (exact) mass is 388 g/mol. The van der Waals surface area contributed by atoms with Crippen LogP contribution in [0.4, 0.5) is 13.2 Å². The molecule has 2 aromatic heterocycles. The van der Waals surface area contributed by atoms with E-state index in [9.17, 15) is 18.0 Å². The topological polar surface area (TPSA) is 59.8 Å². The lowest BCUT2D eigenvalue weighted by Gasteiger charge is -2.10. The predicted octanol–water partition coefficient (Wildman–Crippen LogP) is 3.75. The van der Waals surface area contributed by atoms with Crippen LogP contribution in [0, 0.1) is 0 Å². The lowest BCUT2D eigenvalue weighted by molar-refractivity contribution is -0.137. The lowest BCUT2D eigenvalue weighted by atomic mass is 10.1. The molecule has 0 spiro atoms. The molecule has 0 aliphatic rings. The molecule has 1 aromatic carbocycles. The number of alkyl halides is 3. The maximum Gasteiger partial charge on any atom is 0.416 e. The van der Waals surface area contributed by atoms with Crippen molar-refractivity contribution in [1.29, 1.82) is 0 Å². The minimum absolute atomic E-state index is 0.180. The van der Waals surface area contributed by atoms with Gasteiger partial charge in [-0.05, 0) is 35.7 Å². The molecule has 0 saturated carbocycles. The average molecular weight is 388 g/mol.